The van der Waals surface area contributed by atoms with Crippen molar-refractivity contribution in [2.75, 3.05) is 0 Å². The number of hydrogen-bond donors (Lipinski definition) is 2. The van der Waals surface area contributed by atoms with Crippen LogP contribution in [0.4, 0.5) is 0 Å². The number of nitrogens with two attached hydrogens (primary N) is 1. The SMILES string of the molecule is CC(=O)[N+](C(N)=NO)C1CC(c2ccccc2)=NO1. The zero-order chi connectivity index (χ0) is 13.8. The fraction of sp³-hybridized carbons (Fsp3) is 0.250. The molecular weight excluding hydrogens is 248 g/mol. The Kier molecular flexibility index (Phi) is 3.76. The maximum atomic E-state index is 11.5. The highest BCUT2D eigenvalue weighted by atomic mass is 16.7. The van der Waals surface area contributed by atoms with Crippen LogP contribution in [0, 0.1) is 0 Å². The average molecular weight is 262 g/mol. The summed E-state index contributed by atoms with van der Waals surface area (Å²) in [6.45, 7) is 1.31. The quantitative estimate of drug-likeness (QED) is 0.267. The van der Waals surface area contributed by atoms with Gasteiger partial charge in [0.15, 0.2) is 0 Å². The molecule has 1 unspecified atom stereocenters. The van der Waals surface area contributed by atoms with Gasteiger partial charge in [0.1, 0.15) is 0 Å². The number of guanidine groups is 1. The predicted molar refractivity (Wildman–Crippen MR) is 68.7 cm³/mol. The molecule has 99 valence electrons. The number of benzene rings is 1. The van der Waals surface area contributed by atoms with E-state index in [2.05, 4.69) is 10.3 Å². The summed E-state index contributed by atoms with van der Waals surface area (Å²) < 4.78 is 0. The molecule has 0 aromatic heterocycles. The average Bonchev–Trinajstić information content (AvgIpc) is 2.88. The predicted octanol–water partition coefficient (Wildman–Crippen LogP) is 0.528. The Balaban J connectivity index is 2.14. The van der Waals surface area contributed by atoms with E-state index >= 15 is 0 Å². The molecule has 7 heteroatoms. The molecule has 3 N–H and O–H groups in total. The van der Waals surface area contributed by atoms with Crippen LogP contribution < -0.4 is 10.6 Å². The third-order valence-corrected chi connectivity index (χ3v) is 2.74. The number of carbonyl (C=O) groups is 1. The molecule has 0 aliphatic carbocycles. The summed E-state index contributed by atoms with van der Waals surface area (Å²) in [6.07, 6.45) is -0.316. The highest BCUT2D eigenvalue weighted by molar-refractivity contribution is 6.03. The van der Waals surface area contributed by atoms with E-state index in [0.717, 1.165) is 10.5 Å². The van der Waals surface area contributed by atoms with E-state index < -0.39 is 6.23 Å². The van der Waals surface area contributed by atoms with Crippen molar-refractivity contribution in [2.45, 2.75) is 19.6 Å². The van der Waals surface area contributed by atoms with Crippen LogP contribution in [-0.2, 0) is 9.63 Å². The molecule has 1 aromatic carbocycles. The second-order valence-electron chi connectivity index (χ2n) is 4.02. The fourth-order valence-electron chi connectivity index (χ4n) is 1.86. The lowest BCUT2D eigenvalue weighted by Crippen LogP contribution is -2.52. The van der Waals surface area contributed by atoms with E-state index in [1.54, 1.807) is 0 Å². The van der Waals surface area contributed by atoms with Crippen molar-refractivity contribution in [3.8, 4) is 0 Å². The second-order valence-corrected chi connectivity index (χ2v) is 4.02. The zero-order valence-corrected chi connectivity index (χ0v) is 10.4. The zero-order valence-electron chi connectivity index (χ0n) is 10.4. The molecule has 2 rings (SSSR count). The van der Waals surface area contributed by atoms with Crippen molar-refractivity contribution < 1.29 is 14.8 Å². The van der Waals surface area contributed by atoms with Crippen molar-refractivity contribution in [3.05, 3.63) is 35.9 Å². The van der Waals surface area contributed by atoms with E-state index in [1.165, 1.54) is 6.92 Å². The smallest absolute Gasteiger partial charge is 0.393 e. The van der Waals surface area contributed by atoms with Gasteiger partial charge in [-0.05, 0) is 10.7 Å². The number of carbonyl (C=O) groups excluding carboxylic acids is 1. The Bertz CT molecular complexity index is 527. The van der Waals surface area contributed by atoms with Crippen molar-refractivity contribution in [1.82, 2.24) is 4.90 Å². The number of rotatable bonds is 2. The molecule has 1 aliphatic heterocycles. The van der Waals surface area contributed by atoms with E-state index in [4.69, 9.17) is 15.8 Å². The van der Waals surface area contributed by atoms with Gasteiger partial charge in [0.05, 0.1) is 19.1 Å². The Morgan fingerprint density at radius 3 is 2.79 bits per heavy atom. The van der Waals surface area contributed by atoms with Gasteiger partial charge in [0, 0.05) is 4.90 Å². The molecule has 1 heterocycles. The van der Waals surface area contributed by atoms with Gasteiger partial charge >= 0.3 is 18.1 Å². The van der Waals surface area contributed by atoms with Gasteiger partial charge in [0.2, 0.25) is 0 Å². The lowest BCUT2D eigenvalue weighted by molar-refractivity contribution is -0.126. The minimum Gasteiger partial charge on any atom is -0.405 e. The standard InChI is InChI=1S/C12H14N4O3/c1-8(17)16(12(13)14-18)11-7-10(15-19-11)9-5-3-2-4-6-9/h2-6,11,18H,7H2,1H3,(H2,13,14)/q+1. The number of nitrogens with zero attached hydrogens (tertiary/aromatic N) is 3. The van der Waals surface area contributed by atoms with Gasteiger partial charge in [-0.3, -0.25) is 0 Å². The number of hydrogen-bond acceptors (Lipinski definition) is 5. The first-order valence-electron chi connectivity index (χ1n) is 5.69. The van der Waals surface area contributed by atoms with E-state index in [9.17, 15) is 4.79 Å². The van der Waals surface area contributed by atoms with Crippen LogP contribution in [0.2, 0.25) is 0 Å². The molecular formula is C12H14N4O3+. The first kappa shape index (κ1) is 13.0. The topological polar surface area (TPSA) is 103 Å². The summed E-state index contributed by atoms with van der Waals surface area (Å²) in [4.78, 5) is 17.7. The largest absolute Gasteiger partial charge is 0.405 e. The van der Waals surface area contributed by atoms with E-state index in [1.807, 2.05) is 30.3 Å². The fourth-order valence-corrected chi connectivity index (χ4v) is 1.86. The molecule has 19 heavy (non-hydrogen) atoms. The van der Waals surface area contributed by atoms with Crippen LogP contribution in [0.1, 0.15) is 18.9 Å². The minimum absolute atomic E-state index is 0.318. The Morgan fingerprint density at radius 2 is 2.21 bits per heavy atom. The normalized spacial score (nSPS) is 19.2. The molecule has 1 aliphatic rings. The third kappa shape index (κ3) is 2.71. The third-order valence-electron chi connectivity index (χ3n) is 2.74. The van der Waals surface area contributed by atoms with Crippen molar-refractivity contribution in [1.29, 1.82) is 0 Å². The summed E-state index contributed by atoms with van der Waals surface area (Å²) in [6, 6.07) is 9.46. The van der Waals surface area contributed by atoms with Crippen LogP contribution in [0.15, 0.2) is 40.6 Å². The van der Waals surface area contributed by atoms with Gasteiger partial charge < -0.3 is 15.8 Å². The van der Waals surface area contributed by atoms with Gasteiger partial charge in [-0.2, -0.15) is 0 Å². The Labute approximate surface area is 109 Å². The van der Waals surface area contributed by atoms with Gasteiger partial charge in [-0.1, -0.05) is 35.5 Å². The van der Waals surface area contributed by atoms with Crippen LogP contribution in [-0.4, -0.2) is 29.0 Å². The van der Waals surface area contributed by atoms with Crippen molar-refractivity contribution >= 4 is 17.6 Å². The minimum atomic E-state index is -0.691. The molecule has 1 aromatic rings. The van der Waals surface area contributed by atoms with Crippen LogP contribution >= 0.6 is 0 Å². The highest BCUT2D eigenvalue weighted by Gasteiger charge is 2.43. The monoisotopic (exact) mass is 262 g/mol. The van der Waals surface area contributed by atoms with E-state index in [0.29, 0.717) is 12.1 Å². The molecule has 1 amide bonds. The van der Waals surface area contributed by atoms with Crippen LogP contribution in [0.25, 0.3) is 0 Å². The summed E-state index contributed by atoms with van der Waals surface area (Å²) >= 11 is 0. The molecule has 0 spiro atoms. The van der Waals surface area contributed by atoms with Gasteiger partial charge in [-0.15, -0.1) is 0 Å². The molecule has 7 nitrogen and oxygen atoms in total. The Morgan fingerprint density at radius 1 is 1.53 bits per heavy atom. The highest BCUT2D eigenvalue weighted by Crippen LogP contribution is 2.18. The van der Waals surface area contributed by atoms with Crippen molar-refractivity contribution in [3.63, 3.8) is 0 Å². The molecule has 0 fully saturated rings. The molecule has 1 atom stereocenters. The first-order valence-corrected chi connectivity index (χ1v) is 5.69. The molecule has 0 saturated heterocycles. The Hall–Kier alpha value is -2.41. The molecule has 1 radical (unpaired) electrons. The lowest BCUT2D eigenvalue weighted by Gasteiger charge is -2.09. The summed E-state index contributed by atoms with van der Waals surface area (Å²) in [5.74, 6) is -0.702. The van der Waals surface area contributed by atoms with Gasteiger partial charge in [-0.25, -0.2) is 4.79 Å². The molecule has 0 saturated carbocycles. The van der Waals surface area contributed by atoms with Crippen LogP contribution in [0.3, 0.4) is 0 Å². The van der Waals surface area contributed by atoms with Gasteiger partial charge in [0.25, 0.3) is 0 Å². The van der Waals surface area contributed by atoms with E-state index in [-0.39, 0.29) is 11.9 Å². The molecule has 0 bridgehead atoms. The summed E-state index contributed by atoms with van der Waals surface area (Å²) in [7, 11) is 0. The summed E-state index contributed by atoms with van der Waals surface area (Å²) in [5.41, 5.74) is 7.08. The first-order chi connectivity index (χ1) is 9.13. The lowest BCUT2D eigenvalue weighted by atomic mass is 10.1. The maximum Gasteiger partial charge on any atom is 0.393 e. The maximum absolute atomic E-state index is 11.5. The number of oxime groups is 2. The van der Waals surface area contributed by atoms with Crippen LogP contribution in [0.5, 0.6) is 0 Å². The number of amides is 1. The van der Waals surface area contributed by atoms with Crippen molar-refractivity contribution in [2.24, 2.45) is 16.0 Å². The summed E-state index contributed by atoms with van der Waals surface area (Å²) in [5, 5.41) is 15.4. The second kappa shape index (κ2) is 5.49.